The molecule has 2 aliphatic carbocycles. The summed E-state index contributed by atoms with van der Waals surface area (Å²) in [7, 11) is 0. The van der Waals surface area contributed by atoms with Crippen molar-refractivity contribution in [1.29, 1.82) is 0 Å². The number of aromatic nitrogens is 6. The fourth-order valence-corrected chi connectivity index (χ4v) is 8.53. The van der Waals surface area contributed by atoms with E-state index in [-0.39, 0.29) is 0 Å². The van der Waals surface area contributed by atoms with E-state index in [4.69, 9.17) is 29.9 Å². The van der Waals surface area contributed by atoms with Crippen LogP contribution in [0.2, 0.25) is 0 Å². The topological polar surface area (TPSA) is 77.3 Å². The van der Waals surface area contributed by atoms with Gasteiger partial charge in [0.25, 0.3) is 0 Å². The molecule has 2 aromatic heterocycles. The maximum Gasteiger partial charge on any atom is 0.164 e. The Morgan fingerprint density at radius 2 is 0.673 bits per heavy atom. The molecule has 0 N–H and O–H groups in total. The van der Waals surface area contributed by atoms with Gasteiger partial charge in [-0.1, -0.05) is 152 Å². The third-order valence-electron chi connectivity index (χ3n) is 11.3. The van der Waals surface area contributed by atoms with Gasteiger partial charge < -0.3 is 0 Å². The quantitative estimate of drug-likeness (QED) is 0.156. The van der Waals surface area contributed by atoms with Gasteiger partial charge in [0.1, 0.15) is 0 Å². The molecule has 0 amide bonds. The first-order chi connectivity index (χ1) is 27.2. The average Bonchev–Trinajstić information content (AvgIpc) is 3.92. The molecule has 6 nitrogen and oxygen atoms in total. The first kappa shape index (κ1) is 32.9. The van der Waals surface area contributed by atoms with Crippen molar-refractivity contribution in [3.05, 3.63) is 169 Å². The fraction of sp³-hybridized carbons (Fsp3) is 0.143. The molecule has 2 aliphatic rings. The van der Waals surface area contributed by atoms with Crippen molar-refractivity contribution in [2.75, 3.05) is 0 Å². The molecule has 3 atom stereocenters. The summed E-state index contributed by atoms with van der Waals surface area (Å²) in [5, 5.41) is 0. The van der Waals surface area contributed by atoms with E-state index in [2.05, 4.69) is 84.9 Å². The van der Waals surface area contributed by atoms with Gasteiger partial charge >= 0.3 is 0 Å². The summed E-state index contributed by atoms with van der Waals surface area (Å²) in [6, 6.07) is 56.1. The van der Waals surface area contributed by atoms with E-state index in [0.29, 0.717) is 40.9 Å². The zero-order valence-corrected chi connectivity index (χ0v) is 30.3. The van der Waals surface area contributed by atoms with Crippen LogP contribution in [0.1, 0.15) is 37.2 Å². The van der Waals surface area contributed by atoms with Crippen molar-refractivity contribution < 1.29 is 0 Å². The van der Waals surface area contributed by atoms with E-state index in [0.717, 1.165) is 56.3 Å². The van der Waals surface area contributed by atoms with Crippen LogP contribution >= 0.6 is 0 Å². The van der Waals surface area contributed by atoms with Crippen molar-refractivity contribution in [2.45, 2.75) is 31.6 Å². The average molecular weight is 711 g/mol. The molecule has 2 heterocycles. The Bertz CT molecular complexity index is 2570. The third-order valence-corrected chi connectivity index (χ3v) is 11.3. The highest BCUT2D eigenvalue weighted by molar-refractivity contribution is 5.76. The standard InChI is InChI=1S/C49H38N6/c1-4-13-33(14-5-1)44-50-45(34-15-6-2-7-16-34)52-47(51-44)40-22-10-19-36(29-40)37-20-11-23-41(30-37)48-53-46(35-17-8-3-9-18-35)54-49(55-48)42-24-12-21-38(31-42)43-28-32-25-26-39(43)27-32/h1-24,29-32,39,43H,25-28H2. The summed E-state index contributed by atoms with van der Waals surface area (Å²) in [6.45, 7) is 0. The lowest BCUT2D eigenvalue weighted by molar-refractivity contribution is 0.420. The summed E-state index contributed by atoms with van der Waals surface area (Å²) in [5.74, 6) is 6.21. The molecule has 0 aliphatic heterocycles. The summed E-state index contributed by atoms with van der Waals surface area (Å²) in [6.07, 6.45) is 5.42. The van der Waals surface area contributed by atoms with Crippen LogP contribution in [0.25, 0.3) is 79.5 Å². The molecule has 2 bridgehead atoms. The van der Waals surface area contributed by atoms with Crippen LogP contribution in [-0.2, 0) is 0 Å². The molecule has 0 spiro atoms. The van der Waals surface area contributed by atoms with E-state index in [1.807, 2.05) is 78.9 Å². The van der Waals surface area contributed by atoms with Crippen LogP contribution in [0.5, 0.6) is 0 Å². The lowest BCUT2D eigenvalue weighted by Crippen LogP contribution is -2.08. The Morgan fingerprint density at radius 1 is 0.309 bits per heavy atom. The second kappa shape index (κ2) is 14.3. The van der Waals surface area contributed by atoms with Crippen molar-refractivity contribution in [3.8, 4) is 79.5 Å². The maximum atomic E-state index is 5.14. The molecule has 3 unspecified atom stereocenters. The van der Waals surface area contributed by atoms with Gasteiger partial charge in [-0.3, -0.25) is 0 Å². The molecule has 2 fully saturated rings. The van der Waals surface area contributed by atoms with Crippen LogP contribution in [0.4, 0.5) is 0 Å². The predicted octanol–water partition coefficient (Wildman–Crippen LogP) is 11.6. The van der Waals surface area contributed by atoms with Crippen molar-refractivity contribution in [2.24, 2.45) is 11.8 Å². The van der Waals surface area contributed by atoms with Gasteiger partial charge in [-0.2, -0.15) is 0 Å². The van der Waals surface area contributed by atoms with Crippen LogP contribution in [0.3, 0.4) is 0 Å². The van der Waals surface area contributed by atoms with E-state index in [1.165, 1.54) is 31.2 Å². The fourth-order valence-electron chi connectivity index (χ4n) is 8.53. The predicted molar refractivity (Wildman–Crippen MR) is 219 cm³/mol. The molecule has 10 rings (SSSR count). The van der Waals surface area contributed by atoms with E-state index < -0.39 is 0 Å². The minimum atomic E-state index is 0.619. The van der Waals surface area contributed by atoms with Gasteiger partial charge in [0.15, 0.2) is 34.9 Å². The molecular formula is C49H38N6. The zero-order chi connectivity index (χ0) is 36.6. The van der Waals surface area contributed by atoms with Gasteiger partial charge in [-0.15, -0.1) is 0 Å². The smallest absolute Gasteiger partial charge is 0.164 e. The summed E-state index contributed by atoms with van der Waals surface area (Å²) in [5.41, 5.74) is 9.20. The Morgan fingerprint density at radius 3 is 1.07 bits per heavy atom. The lowest BCUT2D eigenvalue weighted by atomic mass is 9.83. The maximum absolute atomic E-state index is 5.14. The largest absolute Gasteiger partial charge is 0.208 e. The second-order valence-corrected chi connectivity index (χ2v) is 14.8. The lowest BCUT2D eigenvalue weighted by Gasteiger charge is -2.22. The Hall–Kier alpha value is -6.66. The number of hydrogen-bond donors (Lipinski definition) is 0. The third kappa shape index (κ3) is 6.72. The van der Waals surface area contributed by atoms with E-state index >= 15 is 0 Å². The Balaban J connectivity index is 1.03. The van der Waals surface area contributed by atoms with Gasteiger partial charge in [-0.25, -0.2) is 29.9 Å². The normalized spacial score (nSPS) is 17.3. The number of nitrogens with zero attached hydrogens (tertiary/aromatic N) is 6. The Labute approximate surface area is 321 Å². The Kier molecular flexibility index (Phi) is 8.56. The van der Waals surface area contributed by atoms with Crippen LogP contribution in [0.15, 0.2) is 164 Å². The number of rotatable bonds is 8. The SMILES string of the molecule is c1ccc(-c2nc(-c3ccccc3)nc(-c3cccc(-c4cccc(-c5nc(-c6ccccc6)nc(-c6cccc(C7CC8CCC7C8)c6)n5)c4)c3)n2)cc1. The summed E-state index contributed by atoms with van der Waals surface area (Å²) < 4.78 is 0. The van der Waals surface area contributed by atoms with Gasteiger partial charge in [0, 0.05) is 33.4 Å². The van der Waals surface area contributed by atoms with Crippen LogP contribution in [-0.4, -0.2) is 29.9 Å². The minimum Gasteiger partial charge on any atom is -0.208 e. The van der Waals surface area contributed by atoms with Crippen molar-refractivity contribution in [3.63, 3.8) is 0 Å². The van der Waals surface area contributed by atoms with E-state index in [9.17, 15) is 0 Å². The molecule has 0 radical (unpaired) electrons. The number of fused-ring (bicyclic) bond motifs is 2. The number of benzene rings is 6. The highest BCUT2D eigenvalue weighted by Gasteiger charge is 2.40. The summed E-state index contributed by atoms with van der Waals surface area (Å²) >= 11 is 0. The monoisotopic (exact) mass is 710 g/mol. The number of hydrogen-bond acceptors (Lipinski definition) is 6. The molecule has 2 saturated carbocycles. The minimum absolute atomic E-state index is 0.619. The van der Waals surface area contributed by atoms with E-state index in [1.54, 1.807) is 0 Å². The van der Waals surface area contributed by atoms with Gasteiger partial charge in [0.2, 0.25) is 0 Å². The van der Waals surface area contributed by atoms with Crippen LogP contribution in [0, 0.1) is 11.8 Å². The molecule has 264 valence electrons. The molecule has 6 heteroatoms. The molecule has 55 heavy (non-hydrogen) atoms. The van der Waals surface area contributed by atoms with Gasteiger partial charge in [0.05, 0.1) is 0 Å². The second-order valence-electron chi connectivity index (χ2n) is 14.8. The van der Waals surface area contributed by atoms with Crippen molar-refractivity contribution >= 4 is 0 Å². The highest BCUT2D eigenvalue weighted by Crippen LogP contribution is 2.53. The van der Waals surface area contributed by atoms with Crippen molar-refractivity contribution in [1.82, 2.24) is 29.9 Å². The molecule has 8 aromatic rings. The van der Waals surface area contributed by atoms with Gasteiger partial charge in [-0.05, 0) is 71.9 Å². The first-order valence-corrected chi connectivity index (χ1v) is 19.2. The molecule has 6 aromatic carbocycles. The highest BCUT2D eigenvalue weighted by atomic mass is 15.0. The molecular weight excluding hydrogens is 673 g/mol. The molecule has 0 saturated heterocycles. The van der Waals surface area contributed by atoms with Crippen LogP contribution < -0.4 is 0 Å². The summed E-state index contributed by atoms with van der Waals surface area (Å²) in [4.78, 5) is 30.1. The zero-order valence-electron chi connectivity index (χ0n) is 30.3. The first-order valence-electron chi connectivity index (χ1n) is 19.2.